The highest BCUT2D eigenvalue weighted by molar-refractivity contribution is 5.46. The highest BCUT2D eigenvalue weighted by atomic mass is 14.9. The Hall–Kier alpha value is -2.18. The third-order valence-electron chi connectivity index (χ3n) is 4.42. The molecule has 2 aromatic carbocycles. The van der Waals surface area contributed by atoms with Gasteiger partial charge in [-0.25, -0.2) is 9.98 Å². The second-order valence-corrected chi connectivity index (χ2v) is 6.00. The standard InChI is InChI=1S/C19H18N2/c1-3-7-14(8-4-1)16-11-18(16)20-13-21-19-12-17(19)15-9-5-2-6-10-15/h1-10,16-19H,11-12H2. The molecule has 2 saturated carbocycles. The first kappa shape index (κ1) is 12.6. The Kier molecular flexibility index (Phi) is 3.17. The lowest BCUT2D eigenvalue weighted by molar-refractivity contribution is 0.971. The molecular weight excluding hydrogens is 256 g/mol. The van der Waals surface area contributed by atoms with Gasteiger partial charge in [-0.2, -0.15) is 0 Å². The van der Waals surface area contributed by atoms with E-state index in [1.165, 1.54) is 11.1 Å². The number of aliphatic imine (C=N–C) groups is 2. The molecule has 2 aliphatic carbocycles. The number of rotatable bonds is 4. The Morgan fingerprint density at radius 1 is 0.667 bits per heavy atom. The molecule has 104 valence electrons. The van der Waals surface area contributed by atoms with Gasteiger partial charge >= 0.3 is 0 Å². The summed E-state index contributed by atoms with van der Waals surface area (Å²) in [5, 5.41) is 0. The molecule has 4 unspecified atom stereocenters. The van der Waals surface area contributed by atoms with Crippen LogP contribution in [0.2, 0.25) is 0 Å². The van der Waals surface area contributed by atoms with Crippen LogP contribution in [0.15, 0.2) is 70.6 Å². The highest BCUT2D eigenvalue weighted by Crippen LogP contribution is 2.44. The van der Waals surface area contributed by atoms with Crippen LogP contribution in [0.3, 0.4) is 0 Å². The molecule has 2 fully saturated rings. The van der Waals surface area contributed by atoms with Gasteiger partial charge in [0, 0.05) is 11.8 Å². The Morgan fingerprint density at radius 2 is 1.10 bits per heavy atom. The van der Waals surface area contributed by atoms with E-state index in [-0.39, 0.29) is 0 Å². The largest absolute Gasteiger partial charge is 0.222 e. The highest BCUT2D eigenvalue weighted by Gasteiger charge is 2.39. The van der Waals surface area contributed by atoms with Gasteiger partial charge < -0.3 is 0 Å². The van der Waals surface area contributed by atoms with Crippen LogP contribution < -0.4 is 0 Å². The van der Waals surface area contributed by atoms with Crippen molar-refractivity contribution < 1.29 is 0 Å². The first-order valence-corrected chi connectivity index (χ1v) is 7.66. The summed E-state index contributed by atoms with van der Waals surface area (Å²) in [6.07, 6.45) is 2.28. The maximum atomic E-state index is 4.49. The van der Waals surface area contributed by atoms with E-state index in [0.29, 0.717) is 23.9 Å². The molecule has 0 heterocycles. The molecule has 2 aromatic rings. The summed E-state index contributed by atoms with van der Waals surface area (Å²) in [7, 11) is 0. The van der Waals surface area contributed by atoms with Crippen molar-refractivity contribution in [1.29, 1.82) is 0 Å². The van der Waals surface area contributed by atoms with E-state index < -0.39 is 0 Å². The van der Waals surface area contributed by atoms with Crippen LogP contribution >= 0.6 is 0 Å². The van der Waals surface area contributed by atoms with Crippen molar-refractivity contribution in [2.75, 3.05) is 0 Å². The molecule has 0 radical (unpaired) electrons. The molecule has 0 spiro atoms. The van der Waals surface area contributed by atoms with Gasteiger partial charge in [0.15, 0.2) is 0 Å². The van der Waals surface area contributed by atoms with Crippen molar-refractivity contribution in [1.82, 2.24) is 0 Å². The number of hydrogen-bond donors (Lipinski definition) is 0. The van der Waals surface area contributed by atoms with Gasteiger partial charge in [0.2, 0.25) is 0 Å². The maximum Gasteiger partial charge on any atom is 0.0898 e. The minimum Gasteiger partial charge on any atom is -0.222 e. The average Bonchev–Trinajstić information content (AvgIpc) is 3.45. The quantitative estimate of drug-likeness (QED) is 0.744. The Morgan fingerprint density at radius 3 is 1.52 bits per heavy atom. The van der Waals surface area contributed by atoms with Crippen LogP contribution in [0.1, 0.15) is 35.8 Å². The fourth-order valence-electron chi connectivity index (χ4n) is 2.95. The summed E-state index contributed by atoms with van der Waals surface area (Å²) < 4.78 is 0. The number of hydrogen-bond acceptors (Lipinski definition) is 2. The van der Waals surface area contributed by atoms with Crippen molar-refractivity contribution in [3.05, 3.63) is 71.8 Å². The molecule has 0 amide bonds. The summed E-state index contributed by atoms with van der Waals surface area (Å²) in [5.74, 6) is 1.16. The van der Waals surface area contributed by atoms with Gasteiger partial charge in [0.1, 0.15) is 0 Å². The molecule has 4 atom stereocenters. The zero-order valence-electron chi connectivity index (χ0n) is 11.9. The Labute approximate surface area is 125 Å². The van der Waals surface area contributed by atoms with Crippen molar-refractivity contribution in [3.8, 4) is 0 Å². The molecule has 0 aliphatic heterocycles. The summed E-state index contributed by atoms with van der Waals surface area (Å²) in [6.45, 7) is 0. The topological polar surface area (TPSA) is 24.7 Å². The van der Waals surface area contributed by atoms with E-state index in [2.05, 4.69) is 76.7 Å². The average molecular weight is 274 g/mol. The third kappa shape index (κ3) is 2.81. The van der Waals surface area contributed by atoms with Gasteiger partial charge in [0.05, 0.1) is 18.1 Å². The van der Waals surface area contributed by atoms with Crippen LogP contribution in [0.25, 0.3) is 0 Å². The smallest absolute Gasteiger partial charge is 0.0898 e. The van der Waals surface area contributed by atoms with Crippen molar-refractivity contribution in [3.63, 3.8) is 0 Å². The predicted octanol–water partition coefficient (Wildman–Crippen LogP) is 4.27. The summed E-state index contributed by atoms with van der Waals surface area (Å²) in [4.78, 5) is 8.97. The molecular formula is C19H18N2. The molecule has 0 N–H and O–H groups in total. The van der Waals surface area contributed by atoms with Gasteiger partial charge in [-0.05, 0) is 24.0 Å². The Balaban J connectivity index is 1.34. The van der Waals surface area contributed by atoms with Gasteiger partial charge in [-0.1, -0.05) is 60.7 Å². The second-order valence-electron chi connectivity index (χ2n) is 6.00. The summed E-state index contributed by atoms with van der Waals surface area (Å²) in [6, 6.07) is 25.0. The van der Waals surface area contributed by atoms with Crippen molar-refractivity contribution in [2.45, 2.75) is 36.8 Å². The summed E-state index contributed by atoms with van der Waals surface area (Å²) in [5.41, 5.74) is 2.78. The maximum absolute atomic E-state index is 4.49. The van der Waals surface area contributed by atoms with Crippen molar-refractivity contribution >= 4 is 6.01 Å². The molecule has 0 aromatic heterocycles. The number of benzene rings is 2. The van der Waals surface area contributed by atoms with E-state index in [1.807, 2.05) is 0 Å². The SMILES string of the molecule is C(=NC1CC1c1ccccc1)=NC1CC1c1ccccc1. The lowest BCUT2D eigenvalue weighted by Crippen LogP contribution is -1.85. The summed E-state index contributed by atoms with van der Waals surface area (Å²) >= 11 is 0. The normalized spacial score (nSPS) is 29.3. The van der Waals surface area contributed by atoms with Gasteiger partial charge in [0.25, 0.3) is 0 Å². The lowest BCUT2D eigenvalue weighted by Gasteiger charge is -1.95. The van der Waals surface area contributed by atoms with E-state index >= 15 is 0 Å². The molecule has 0 saturated heterocycles. The number of nitrogens with zero attached hydrogens (tertiary/aromatic N) is 2. The third-order valence-corrected chi connectivity index (χ3v) is 4.42. The monoisotopic (exact) mass is 274 g/mol. The second kappa shape index (κ2) is 5.31. The zero-order chi connectivity index (χ0) is 14.1. The van der Waals surface area contributed by atoms with Crippen LogP contribution in [-0.4, -0.2) is 18.1 Å². The molecule has 2 nitrogen and oxygen atoms in total. The van der Waals surface area contributed by atoms with E-state index in [4.69, 9.17) is 0 Å². The molecule has 2 aliphatic rings. The zero-order valence-corrected chi connectivity index (χ0v) is 11.9. The van der Waals surface area contributed by atoms with Crippen molar-refractivity contribution in [2.24, 2.45) is 9.98 Å². The molecule has 4 rings (SSSR count). The fraction of sp³-hybridized carbons (Fsp3) is 0.316. The minimum atomic E-state index is 0.394. The lowest BCUT2D eigenvalue weighted by atomic mass is 10.1. The van der Waals surface area contributed by atoms with E-state index in [1.54, 1.807) is 0 Å². The fourth-order valence-corrected chi connectivity index (χ4v) is 2.95. The first-order chi connectivity index (χ1) is 10.4. The van der Waals surface area contributed by atoms with E-state index in [9.17, 15) is 0 Å². The van der Waals surface area contributed by atoms with Crippen LogP contribution in [0.5, 0.6) is 0 Å². The minimum absolute atomic E-state index is 0.394. The van der Waals surface area contributed by atoms with Crippen LogP contribution in [-0.2, 0) is 0 Å². The molecule has 0 bridgehead atoms. The predicted molar refractivity (Wildman–Crippen MR) is 85.0 cm³/mol. The first-order valence-electron chi connectivity index (χ1n) is 7.66. The molecule has 21 heavy (non-hydrogen) atoms. The van der Waals surface area contributed by atoms with Gasteiger partial charge in [-0.3, -0.25) is 0 Å². The Bertz CT molecular complexity index is 614. The molecule has 2 heteroatoms. The van der Waals surface area contributed by atoms with E-state index in [0.717, 1.165) is 12.8 Å². The van der Waals surface area contributed by atoms with Gasteiger partial charge in [-0.15, -0.1) is 0 Å². The van der Waals surface area contributed by atoms with Crippen LogP contribution in [0, 0.1) is 0 Å². The van der Waals surface area contributed by atoms with Crippen LogP contribution in [0.4, 0.5) is 0 Å².